The molecule has 0 amide bonds. The van der Waals surface area contributed by atoms with E-state index in [0.717, 1.165) is 12.6 Å². The number of anilines is 1. The zero-order valence-corrected chi connectivity index (χ0v) is 8.89. The van der Waals surface area contributed by atoms with E-state index in [4.69, 9.17) is 10.5 Å². The highest BCUT2D eigenvalue weighted by Gasteiger charge is 2.25. The molecule has 0 bridgehead atoms. The molecule has 1 heterocycles. The summed E-state index contributed by atoms with van der Waals surface area (Å²) in [5, 5.41) is 0. The van der Waals surface area contributed by atoms with E-state index in [0.29, 0.717) is 18.3 Å². The zero-order chi connectivity index (χ0) is 10.7. The summed E-state index contributed by atoms with van der Waals surface area (Å²) in [5.41, 5.74) is 5.41. The highest BCUT2D eigenvalue weighted by molar-refractivity contribution is 5.24. The summed E-state index contributed by atoms with van der Waals surface area (Å²) in [5.74, 6) is 0.950. The normalized spacial score (nSPS) is 15.6. The van der Waals surface area contributed by atoms with Crippen molar-refractivity contribution in [2.75, 3.05) is 25.9 Å². The van der Waals surface area contributed by atoms with E-state index in [1.807, 2.05) is 0 Å². The first-order valence-electron chi connectivity index (χ1n) is 5.16. The lowest BCUT2D eigenvalue weighted by atomic mass is 10.5. The van der Waals surface area contributed by atoms with Gasteiger partial charge in [-0.1, -0.05) is 0 Å². The maximum atomic E-state index is 5.44. The van der Waals surface area contributed by atoms with Crippen molar-refractivity contribution >= 4 is 5.82 Å². The van der Waals surface area contributed by atoms with E-state index >= 15 is 0 Å². The number of ether oxygens (including phenoxy) is 1. The number of hydrogen-bond acceptors (Lipinski definition) is 5. The van der Waals surface area contributed by atoms with Gasteiger partial charge in [-0.3, -0.25) is 0 Å². The summed E-state index contributed by atoms with van der Waals surface area (Å²) < 4.78 is 5.44. The number of nitrogens with zero attached hydrogens (tertiary/aromatic N) is 3. The van der Waals surface area contributed by atoms with Gasteiger partial charge in [0, 0.05) is 12.6 Å². The predicted octanol–water partition coefficient (Wildman–Crippen LogP) is 0.532. The minimum absolute atomic E-state index is 0.414. The maximum Gasteiger partial charge on any atom is 0.232 e. The fraction of sp³-hybridized carbons (Fsp3) is 0.600. The van der Waals surface area contributed by atoms with Crippen molar-refractivity contribution in [3.63, 3.8) is 0 Å². The summed E-state index contributed by atoms with van der Waals surface area (Å²) >= 11 is 0. The molecule has 0 aromatic carbocycles. The molecule has 82 valence electrons. The second-order valence-electron chi connectivity index (χ2n) is 3.84. The van der Waals surface area contributed by atoms with Gasteiger partial charge in [0.05, 0.1) is 12.4 Å². The molecule has 5 heteroatoms. The molecule has 1 aliphatic carbocycles. The van der Waals surface area contributed by atoms with Crippen molar-refractivity contribution in [3.05, 3.63) is 12.4 Å². The number of nitrogens with two attached hydrogens (primary N) is 1. The van der Waals surface area contributed by atoms with E-state index in [1.165, 1.54) is 19.0 Å². The average Bonchev–Trinajstić information content (AvgIpc) is 3.04. The van der Waals surface area contributed by atoms with Gasteiger partial charge in [-0.05, 0) is 19.9 Å². The van der Waals surface area contributed by atoms with Crippen molar-refractivity contribution in [2.24, 2.45) is 0 Å². The summed E-state index contributed by atoms with van der Waals surface area (Å²) in [7, 11) is 2.12. The monoisotopic (exact) mass is 208 g/mol. The minimum atomic E-state index is 0.414. The van der Waals surface area contributed by atoms with Crippen LogP contribution in [0.3, 0.4) is 0 Å². The van der Waals surface area contributed by atoms with Gasteiger partial charge in [-0.2, -0.15) is 0 Å². The molecular weight excluding hydrogens is 192 g/mol. The van der Waals surface area contributed by atoms with Crippen molar-refractivity contribution in [1.82, 2.24) is 14.9 Å². The molecule has 2 rings (SSSR count). The molecule has 2 N–H and O–H groups in total. The Morgan fingerprint density at radius 3 is 2.87 bits per heavy atom. The van der Waals surface area contributed by atoms with Crippen LogP contribution in [0.5, 0.6) is 5.88 Å². The van der Waals surface area contributed by atoms with Crippen molar-refractivity contribution in [1.29, 1.82) is 0 Å². The molecule has 1 aliphatic rings. The Hall–Kier alpha value is -1.36. The Balaban J connectivity index is 1.70. The molecule has 1 saturated carbocycles. The van der Waals surface area contributed by atoms with Crippen LogP contribution in [0, 0.1) is 0 Å². The smallest absolute Gasteiger partial charge is 0.232 e. The largest absolute Gasteiger partial charge is 0.475 e. The molecular formula is C10H16N4O. The molecule has 0 unspecified atom stereocenters. The molecule has 0 radical (unpaired) electrons. The Bertz CT molecular complexity index is 310. The van der Waals surface area contributed by atoms with Crippen LogP contribution in [0.4, 0.5) is 5.82 Å². The third kappa shape index (κ3) is 3.06. The second kappa shape index (κ2) is 4.44. The van der Waals surface area contributed by atoms with E-state index < -0.39 is 0 Å². The molecule has 1 aromatic heterocycles. The van der Waals surface area contributed by atoms with Gasteiger partial charge in [0.1, 0.15) is 12.4 Å². The highest BCUT2D eigenvalue weighted by Crippen LogP contribution is 2.24. The van der Waals surface area contributed by atoms with Gasteiger partial charge < -0.3 is 15.4 Å². The first-order valence-corrected chi connectivity index (χ1v) is 5.16. The van der Waals surface area contributed by atoms with Crippen LogP contribution in [-0.2, 0) is 0 Å². The third-order valence-corrected chi connectivity index (χ3v) is 2.51. The van der Waals surface area contributed by atoms with E-state index in [1.54, 1.807) is 6.20 Å². The van der Waals surface area contributed by atoms with Crippen LogP contribution >= 0.6 is 0 Å². The maximum absolute atomic E-state index is 5.44. The van der Waals surface area contributed by atoms with Gasteiger partial charge in [0.2, 0.25) is 5.88 Å². The number of aromatic nitrogens is 2. The second-order valence-corrected chi connectivity index (χ2v) is 3.84. The molecule has 5 nitrogen and oxygen atoms in total. The molecule has 1 fully saturated rings. The summed E-state index contributed by atoms with van der Waals surface area (Å²) in [4.78, 5) is 10.2. The van der Waals surface area contributed by atoms with Gasteiger partial charge >= 0.3 is 0 Å². The average molecular weight is 208 g/mol. The van der Waals surface area contributed by atoms with Gasteiger partial charge in [0.25, 0.3) is 0 Å². The van der Waals surface area contributed by atoms with Crippen LogP contribution in [0.1, 0.15) is 12.8 Å². The van der Waals surface area contributed by atoms with E-state index in [9.17, 15) is 0 Å². The first-order chi connectivity index (χ1) is 7.25. The fourth-order valence-corrected chi connectivity index (χ4v) is 1.39. The molecule has 15 heavy (non-hydrogen) atoms. The molecule has 0 spiro atoms. The highest BCUT2D eigenvalue weighted by atomic mass is 16.5. The summed E-state index contributed by atoms with van der Waals surface area (Å²) in [6.07, 6.45) is 5.68. The predicted molar refractivity (Wildman–Crippen MR) is 57.6 cm³/mol. The Morgan fingerprint density at radius 1 is 1.47 bits per heavy atom. The van der Waals surface area contributed by atoms with Gasteiger partial charge in [0.15, 0.2) is 0 Å². The first kappa shape index (κ1) is 10.2. The van der Waals surface area contributed by atoms with Crippen molar-refractivity contribution < 1.29 is 4.74 Å². The van der Waals surface area contributed by atoms with E-state index in [2.05, 4.69) is 21.9 Å². The zero-order valence-electron chi connectivity index (χ0n) is 8.89. The number of likely N-dealkylation sites (N-methyl/N-ethyl adjacent to an activating group) is 1. The van der Waals surface area contributed by atoms with Crippen LogP contribution in [0.15, 0.2) is 12.4 Å². The molecule has 0 saturated heterocycles. The lowest BCUT2D eigenvalue weighted by Gasteiger charge is -2.15. The number of nitrogen functional groups attached to an aromatic ring is 1. The molecule has 0 aliphatic heterocycles. The van der Waals surface area contributed by atoms with Crippen LogP contribution < -0.4 is 10.5 Å². The summed E-state index contributed by atoms with van der Waals surface area (Å²) in [6.45, 7) is 1.57. The van der Waals surface area contributed by atoms with Gasteiger partial charge in [-0.25, -0.2) is 9.97 Å². The number of hydrogen-bond donors (Lipinski definition) is 1. The Labute approximate surface area is 89.3 Å². The SMILES string of the molecule is CN(CCOc1cnc(N)cn1)C1CC1. The minimum Gasteiger partial charge on any atom is -0.475 e. The van der Waals surface area contributed by atoms with Crippen molar-refractivity contribution in [3.8, 4) is 5.88 Å². The van der Waals surface area contributed by atoms with Crippen LogP contribution in [0.25, 0.3) is 0 Å². The quantitative estimate of drug-likeness (QED) is 0.764. The Kier molecular flexibility index (Phi) is 3.01. The van der Waals surface area contributed by atoms with E-state index in [-0.39, 0.29) is 0 Å². The Morgan fingerprint density at radius 2 is 2.27 bits per heavy atom. The molecule has 1 aromatic rings. The van der Waals surface area contributed by atoms with Crippen LogP contribution in [0.2, 0.25) is 0 Å². The van der Waals surface area contributed by atoms with Crippen molar-refractivity contribution in [2.45, 2.75) is 18.9 Å². The van der Waals surface area contributed by atoms with Crippen LogP contribution in [-0.4, -0.2) is 41.1 Å². The molecule has 0 atom stereocenters. The topological polar surface area (TPSA) is 64.3 Å². The number of rotatable bonds is 5. The van der Waals surface area contributed by atoms with Gasteiger partial charge in [-0.15, -0.1) is 0 Å². The summed E-state index contributed by atoms with van der Waals surface area (Å²) in [6, 6.07) is 0.770. The fourth-order valence-electron chi connectivity index (χ4n) is 1.39. The standard InChI is InChI=1S/C10H16N4O/c1-14(8-2-3-8)4-5-15-10-7-12-9(11)6-13-10/h6-8H,2-5H2,1H3,(H2,11,12). The lowest BCUT2D eigenvalue weighted by Crippen LogP contribution is -2.26. The third-order valence-electron chi connectivity index (χ3n) is 2.51. The lowest BCUT2D eigenvalue weighted by molar-refractivity contribution is 0.226.